The third kappa shape index (κ3) is 3.64. The number of non-ortho nitro benzene ring substituents is 1. The zero-order chi connectivity index (χ0) is 25.9. The minimum absolute atomic E-state index is 0.00801. The Morgan fingerprint density at radius 2 is 1.61 bits per heavy atom. The van der Waals surface area contributed by atoms with Gasteiger partial charge in [-0.3, -0.25) is 29.4 Å². The van der Waals surface area contributed by atoms with E-state index in [1.165, 1.54) is 30.2 Å². The van der Waals surface area contributed by atoms with Gasteiger partial charge in [0.15, 0.2) is 0 Å². The molecule has 1 saturated heterocycles. The lowest BCUT2D eigenvalue weighted by Gasteiger charge is -2.50. The van der Waals surface area contributed by atoms with Gasteiger partial charge in [-0.25, -0.2) is 0 Å². The summed E-state index contributed by atoms with van der Waals surface area (Å²) >= 11 is 15.7. The van der Waals surface area contributed by atoms with Crippen molar-refractivity contribution < 1.29 is 24.0 Å². The van der Waals surface area contributed by atoms with Crippen molar-refractivity contribution in [2.45, 2.75) is 12.1 Å². The van der Waals surface area contributed by atoms with E-state index in [-0.39, 0.29) is 21.8 Å². The van der Waals surface area contributed by atoms with E-state index in [1.807, 2.05) is 0 Å². The summed E-state index contributed by atoms with van der Waals surface area (Å²) in [6.45, 7) is 0. The number of carbonyl (C=O) groups is 3. The fourth-order valence-corrected chi connectivity index (χ4v) is 5.18. The van der Waals surface area contributed by atoms with Crippen molar-refractivity contribution in [2.24, 2.45) is 0 Å². The number of anilines is 1. The van der Waals surface area contributed by atoms with Crippen LogP contribution in [0.2, 0.25) is 10.0 Å². The molecule has 0 aliphatic carbocycles. The molecule has 3 amide bonds. The molecular weight excluding hydrogens is 577 g/mol. The fraction of sp³-hybridized carbons (Fsp3) is 0.125. The number of nitro groups is 1. The molecule has 0 spiro atoms. The van der Waals surface area contributed by atoms with Gasteiger partial charge >= 0.3 is 0 Å². The molecule has 2 aliphatic heterocycles. The predicted molar refractivity (Wildman–Crippen MR) is 135 cm³/mol. The van der Waals surface area contributed by atoms with Gasteiger partial charge in [-0.1, -0.05) is 39.1 Å². The molecule has 5 rings (SSSR count). The second kappa shape index (κ2) is 8.88. The first-order valence-electron chi connectivity index (χ1n) is 10.4. The molecule has 0 aromatic heterocycles. The maximum atomic E-state index is 13.6. The molecule has 0 saturated carbocycles. The van der Waals surface area contributed by atoms with Crippen molar-refractivity contribution in [1.29, 1.82) is 0 Å². The summed E-state index contributed by atoms with van der Waals surface area (Å²) in [7, 11) is 1.47. The number of β-lactam (4-membered cyclic amide) rings is 1. The topological polar surface area (TPSA) is 110 Å². The summed E-state index contributed by atoms with van der Waals surface area (Å²) in [4.78, 5) is 53.0. The van der Waals surface area contributed by atoms with Crippen LogP contribution in [0, 0.1) is 10.1 Å². The van der Waals surface area contributed by atoms with Crippen LogP contribution >= 0.6 is 39.1 Å². The SMILES string of the molecule is COc1ccc(Br)cc1[C@H]1[C@@H](N2C(=O)c3ccc([N+](=O)[O-])cc3C2=O)C(=O)N1c1ccc(Cl)c(Cl)c1. The Morgan fingerprint density at radius 3 is 2.28 bits per heavy atom. The first-order valence-corrected chi connectivity index (χ1v) is 12.0. The molecule has 182 valence electrons. The van der Waals surface area contributed by atoms with E-state index < -0.39 is 34.7 Å². The van der Waals surface area contributed by atoms with Gasteiger partial charge in [-0.05, 0) is 42.5 Å². The molecule has 9 nitrogen and oxygen atoms in total. The number of amides is 3. The normalized spacial score (nSPS) is 18.8. The van der Waals surface area contributed by atoms with Crippen LogP contribution in [0.3, 0.4) is 0 Å². The van der Waals surface area contributed by atoms with Crippen LogP contribution < -0.4 is 9.64 Å². The zero-order valence-electron chi connectivity index (χ0n) is 18.3. The third-order valence-corrected chi connectivity index (χ3v) is 7.38. The number of benzene rings is 3. The summed E-state index contributed by atoms with van der Waals surface area (Å²) in [6, 6.07) is 11.2. The number of halogens is 3. The van der Waals surface area contributed by atoms with Crippen molar-refractivity contribution in [2.75, 3.05) is 12.0 Å². The highest BCUT2D eigenvalue weighted by Gasteiger charge is 2.58. The van der Waals surface area contributed by atoms with E-state index >= 15 is 0 Å². The predicted octanol–water partition coefficient (Wildman–Crippen LogP) is 5.43. The molecule has 2 aliphatic rings. The minimum Gasteiger partial charge on any atom is -0.496 e. The van der Waals surface area contributed by atoms with Crippen LogP contribution in [0.5, 0.6) is 5.75 Å². The van der Waals surface area contributed by atoms with E-state index in [4.69, 9.17) is 27.9 Å². The Balaban J connectivity index is 1.64. The van der Waals surface area contributed by atoms with Crippen LogP contribution in [0.25, 0.3) is 0 Å². The number of methoxy groups -OCH3 is 1. The van der Waals surface area contributed by atoms with Gasteiger partial charge in [0.25, 0.3) is 23.4 Å². The average Bonchev–Trinajstić information content (AvgIpc) is 3.09. The van der Waals surface area contributed by atoms with Crippen molar-refractivity contribution in [1.82, 2.24) is 4.90 Å². The number of hydrogen-bond acceptors (Lipinski definition) is 6. The number of rotatable bonds is 5. The Morgan fingerprint density at radius 1 is 0.889 bits per heavy atom. The van der Waals surface area contributed by atoms with Gasteiger partial charge in [0, 0.05) is 27.9 Å². The summed E-state index contributed by atoms with van der Waals surface area (Å²) < 4.78 is 6.20. The van der Waals surface area contributed by atoms with E-state index in [1.54, 1.807) is 24.3 Å². The van der Waals surface area contributed by atoms with Crippen LogP contribution in [0.4, 0.5) is 11.4 Å². The molecule has 1 fully saturated rings. The molecule has 3 aromatic rings. The molecule has 0 unspecified atom stereocenters. The smallest absolute Gasteiger partial charge is 0.270 e. The monoisotopic (exact) mass is 589 g/mol. The van der Waals surface area contributed by atoms with Crippen LogP contribution in [-0.4, -0.2) is 40.7 Å². The second-order valence-electron chi connectivity index (χ2n) is 8.05. The lowest BCUT2D eigenvalue weighted by Crippen LogP contribution is -2.67. The first-order chi connectivity index (χ1) is 17.1. The van der Waals surface area contributed by atoms with Crippen LogP contribution in [-0.2, 0) is 4.79 Å². The fourth-order valence-electron chi connectivity index (χ4n) is 4.51. The van der Waals surface area contributed by atoms with Crippen molar-refractivity contribution in [3.05, 3.63) is 95.9 Å². The Labute approximate surface area is 222 Å². The van der Waals surface area contributed by atoms with Gasteiger partial charge in [-0.2, -0.15) is 0 Å². The number of nitrogens with zero attached hydrogens (tertiary/aromatic N) is 3. The molecule has 3 aromatic carbocycles. The summed E-state index contributed by atoms with van der Waals surface area (Å²) in [5.41, 5.74) is 0.468. The molecule has 2 heterocycles. The van der Waals surface area contributed by atoms with Gasteiger partial charge < -0.3 is 9.64 Å². The highest BCUT2D eigenvalue weighted by molar-refractivity contribution is 9.10. The van der Waals surface area contributed by atoms with Gasteiger partial charge in [0.1, 0.15) is 11.8 Å². The molecule has 12 heteroatoms. The van der Waals surface area contributed by atoms with E-state index in [0.717, 1.165) is 17.0 Å². The van der Waals surface area contributed by atoms with E-state index in [9.17, 15) is 24.5 Å². The second-order valence-corrected chi connectivity index (χ2v) is 9.78. The summed E-state index contributed by atoms with van der Waals surface area (Å²) in [5, 5.41) is 11.7. The van der Waals surface area contributed by atoms with E-state index in [0.29, 0.717) is 26.5 Å². The number of fused-ring (bicyclic) bond motifs is 1. The third-order valence-electron chi connectivity index (χ3n) is 6.15. The Kier molecular flexibility index (Phi) is 5.98. The highest BCUT2D eigenvalue weighted by Crippen LogP contribution is 2.48. The van der Waals surface area contributed by atoms with Crippen molar-refractivity contribution >= 4 is 68.2 Å². The van der Waals surface area contributed by atoms with Crippen molar-refractivity contribution in [3.63, 3.8) is 0 Å². The lowest BCUT2D eigenvalue weighted by molar-refractivity contribution is -0.384. The number of ether oxygens (including phenoxy) is 1. The molecular formula is C24H14BrCl2N3O6. The quantitative estimate of drug-likeness (QED) is 0.170. The largest absolute Gasteiger partial charge is 0.496 e. The molecule has 2 atom stereocenters. The van der Waals surface area contributed by atoms with Crippen LogP contribution in [0.1, 0.15) is 32.3 Å². The van der Waals surface area contributed by atoms with Gasteiger partial charge in [0.05, 0.1) is 39.2 Å². The maximum Gasteiger partial charge on any atom is 0.270 e. The standard InChI is InChI=1S/C24H14BrCl2N3O6/c1-36-19-7-2-11(25)8-16(19)20-21(24(33)28(20)12-4-6-17(26)18(27)10-12)29-22(31)14-5-3-13(30(34)35)9-15(14)23(29)32/h2-10,20-21H,1H3/t20-,21+/m0/s1. The zero-order valence-corrected chi connectivity index (χ0v) is 21.4. The Bertz CT molecular complexity index is 1500. The summed E-state index contributed by atoms with van der Waals surface area (Å²) in [5.74, 6) is -1.61. The molecule has 0 bridgehead atoms. The van der Waals surface area contributed by atoms with Gasteiger partial charge in [-0.15, -0.1) is 0 Å². The Hall–Kier alpha value is -3.47. The van der Waals surface area contributed by atoms with Gasteiger partial charge in [0.2, 0.25) is 0 Å². The van der Waals surface area contributed by atoms with Crippen LogP contribution in [0.15, 0.2) is 59.1 Å². The lowest BCUT2D eigenvalue weighted by atomic mass is 9.85. The average molecular weight is 591 g/mol. The number of carbonyl (C=O) groups excluding carboxylic acids is 3. The number of nitro benzene ring substituents is 1. The van der Waals surface area contributed by atoms with E-state index in [2.05, 4.69) is 15.9 Å². The molecule has 0 radical (unpaired) electrons. The number of imide groups is 1. The minimum atomic E-state index is -1.23. The first kappa shape index (κ1) is 24.2. The molecule has 0 N–H and O–H groups in total. The maximum absolute atomic E-state index is 13.6. The molecule has 36 heavy (non-hydrogen) atoms. The number of hydrogen-bond donors (Lipinski definition) is 0. The van der Waals surface area contributed by atoms with Crippen molar-refractivity contribution in [3.8, 4) is 5.75 Å². The summed E-state index contributed by atoms with van der Waals surface area (Å²) in [6.07, 6.45) is 0. The highest BCUT2D eigenvalue weighted by atomic mass is 79.9.